The Morgan fingerprint density at radius 1 is 0.330 bits per heavy atom. The van der Waals surface area contributed by atoms with E-state index in [9.17, 15) is 19.5 Å². The van der Waals surface area contributed by atoms with E-state index in [-0.39, 0.29) is 32.2 Å². The molecule has 91 heavy (non-hydrogen) atoms. The Balaban J connectivity index is 4.18. The maximum atomic E-state index is 13.0. The lowest BCUT2D eigenvalue weighted by Crippen LogP contribution is -2.40. The summed E-state index contributed by atoms with van der Waals surface area (Å²) in [6.45, 7) is 4.64. The number of hydrogen-bond donors (Lipinski definition) is 1. The first-order valence-corrected chi connectivity index (χ1v) is 36.3. The van der Waals surface area contributed by atoms with Gasteiger partial charge in [-0.2, -0.15) is 0 Å². The lowest BCUT2D eigenvalue weighted by molar-refractivity contribution is -0.870. The van der Waals surface area contributed by atoms with Crippen LogP contribution in [0.15, 0.2) is 170 Å². The van der Waals surface area contributed by atoms with Crippen LogP contribution < -0.4 is 0 Å². The molecule has 0 aromatic heterocycles. The second-order valence-corrected chi connectivity index (χ2v) is 24.8. The van der Waals surface area contributed by atoms with Gasteiger partial charge in [-0.1, -0.05) is 300 Å². The molecule has 9 heteroatoms. The molecular weight excluding hydrogens is 1130 g/mol. The Bertz CT molecular complexity index is 2100. The summed E-state index contributed by atoms with van der Waals surface area (Å²) in [5.74, 6) is -2.03. The molecule has 2 unspecified atom stereocenters. The minimum atomic E-state index is -1.52. The highest BCUT2D eigenvalue weighted by molar-refractivity contribution is 5.71. The zero-order valence-corrected chi connectivity index (χ0v) is 58.7. The molecule has 0 aromatic rings. The van der Waals surface area contributed by atoms with Gasteiger partial charge in [0.1, 0.15) is 13.2 Å². The predicted octanol–water partition coefficient (Wildman–Crippen LogP) is 23.0. The van der Waals surface area contributed by atoms with Crippen LogP contribution in [0.2, 0.25) is 0 Å². The first kappa shape index (κ1) is 85.7. The number of carboxylic acid groups (broad SMARTS) is 1. The SMILES string of the molecule is CC/C=C\C/C=C\C/C=C\C/C=C\C/C=C\C/C=C\C/C=C\C/C=C\C/C=C\C/C=C\CCCCCCCCCCC(=O)OC(COC(=O)CCCCCCCCCCCCCCCC/C=C\C/C=C\C/C=C\C/C=C\CC)COC(OCC[N+](C)(C)C)C(=O)O. The number of nitrogens with zero attached hydrogens (tertiary/aromatic N) is 1. The molecule has 0 radical (unpaired) electrons. The van der Waals surface area contributed by atoms with E-state index in [4.69, 9.17) is 18.9 Å². The number of ether oxygens (including phenoxy) is 4. The van der Waals surface area contributed by atoms with Crippen molar-refractivity contribution < 1.29 is 42.9 Å². The van der Waals surface area contributed by atoms with Gasteiger partial charge in [0.2, 0.25) is 0 Å². The second kappa shape index (κ2) is 70.5. The molecule has 0 amide bonds. The van der Waals surface area contributed by atoms with Gasteiger partial charge >= 0.3 is 17.9 Å². The Labute approximate surface area is 558 Å². The van der Waals surface area contributed by atoms with Gasteiger partial charge in [0, 0.05) is 12.8 Å². The predicted molar refractivity (Wildman–Crippen MR) is 391 cm³/mol. The lowest BCUT2D eigenvalue weighted by atomic mass is 10.0. The maximum Gasteiger partial charge on any atom is 0.361 e. The number of rotatable bonds is 65. The largest absolute Gasteiger partial charge is 0.477 e. The van der Waals surface area contributed by atoms with Crippen LogP contribution in [0.4, 0.5) is 0 Å². The molecule has 0 aliphatic heterocycles. The van der Waals surface area contributed by atoms with E-state index in [2.05, 4.69) is 184 Å². The molecule has 0 aromatic carbocycles. The molecule has 0 bridgehead atoms. The number of carboxylic acids is 1. The Morgan fingerprint density at radius 2 is 0.593 bits per heavy atom. The number of allylic oxidation sites excluding steroid dienone is 28. The fourth-order valence-electron chi connectivity index (χ4n) is 9.50. The van der Waals surface area contributed by atoms with Crippen LogP contribution in [0.1, 0.15) is 271 Å². The first-order chi connectivity index (χ1) is 44.6. The third kappa shape index (κ3) is 71.9. The molecule has 514 valence electrons. The molecule has 0 fully saturated rings. The zero-order valence-electron chi connectivity index (χ0n) is 58.7. The molecule has 0 saturated heterocycles. The highest BCUT2D eigenvalue weighted by Gasteiger charge is 2.25. The summed E-state index contributed by atoms with van der Waals surface area (Å²) < 4.78 is 23.0. The van der Waals surface area contributed by atoms with Crippen molar-refractivity contribution in [3.05, 3.63) is 170 Å². The summed E-state index contributed by atoms with van der Waals surface area (Å²) in [6.07, 6.45) is 103. The van der Waals surface area contributed by atoms with E-state index in [1.807, 2.05) is 21.1 Å². The summed E-state index contributed by atoms with van der Waals surface area (Å²) in [5, 5.41) is 9.76. The maximum absolute atomic E-state index is 13.0. The molecule has 0 rings (SSSR count). The number of carbonyl (C=O) groups excluding carboxylic acids is 2. The highest BCUT2D eigenvalue weighted by Crippen LogP contribution is 2.16. The van der Waals surface area contributed by atoms with E-state index in [1.165, 1.54) is 103 Å². The summed E-state index contributed by atoms with van der Waals surface area (Å²) in [6, 6.07) is 0. The average molecular weight is 1260 g/mol. The van der Waals surface area contributed by atoms with Gasteiger partial charge in [-0.25, -0.2) is 4.79 Å². The fourth-order valence-corrected chi connectivity index (χ4v) is 9.50. The second-order valence-electron chi connectivity index (χ2n) is 24.8. The van der Waals surface area contributed by atoms with Crippen LogP contribution in [0.5, 0.6) is 0 Å². The molecule has 0 heterocycles. The van der Waals surface area contributed by atoms with Crippen LogP contribution in [0.3, 0.4) is 0 Å². The third-order valence-corrected chi connectivity index (χ3v) is 15.0. The van der Waals surface area contributed by atoms with Crippen LogP contribution >= 0.6 is 0 Å². The van der Waals surface area contributed by atoms with Crippen LogP contribution in [0.25, 0.3) is 0 Å². The van der Waals surface area contributed by atoms with Crippen molar-refractivity contribution in [2.45, 2.75) is 283 Å². The monoisotopic (exact) mass is 1260 g/mol. The fraction of sp³-hybridized carbons (Fsp3) is 0.622. The lowest BCUT2D eigenvalue weighted by Gasteiger charge is -2.25. The molecule has 2 atom stereocenters. The van der Waals surface area contributed by atoms with Gasteiger partial charge in [-0.05, 0) is 128 Å². The summed E-state index contributed by atoms with van der Waals surface area (Å²) >= 11 is 0. The summed E-state index contributed by atoms with van der Waals surface area (Å²) in [5.41, 5.74) is 0. The number of esters is 2. The van der Waals surface area contributed by atoms with E-state index >= 15 is 0 Å². The third-order valence-electron chi connectivity index (χ3n) is 15.0. The van der Waals surface area contributed by atoms with Gasteiger partial charge in [-0.15, -0.1) is 0 Å². The van der Waals surface area contributed by atoms with Gasteiger partial charge in [0.15, 0.2) is 6.10 Å². The summed E-state index contributed by atoms with van der Waals surface area (Å²) in [7, 11) is 5.97. The number of unbranched alkanes of at least 4 members (excludes halogenated alkanes) is 22. The molecule has 0 spiro atoms. The van der Waals surface area contributed by atoms with Crippen LogP contribution in [-0.4, -0.2) is 87.4 Å². The van der Waals surface area contributed by atoms with Crippen LogP contribution in [-0.2, 0) is 33.3 Å². The standard InChI is InChI=1S/C82H133NO8/c1-6-8-10-12-14-16-18-20-22-24-26-28-30-32-34-35-36-37-38-39-40-41-42-43-44-45-47-49-51-53-55-57-59-61-63-65-67-69-71-73-80(85)91-78(77-90-82(81(86)87)88-75-74-83(3,4)5)76-89-79(84)72-70-68-66-64-62-60-58-56-54-52-50-48-46-33-31-29-27-25-23-21-19-17-15-13-11-9-7-2/h8-11,14-17,20-23,26-29,32,34,36-37,39-40,42-43,45,47,51,53,78,82H,6-7,12-13,18-19,24-25,30-31,33,35,38,41,44,46,48-50,52,54-77H2,1-5H3/p+1/b10-8-,11-9-,16-14-,17-15-,22-20-,23-21-,28-26-,29-27-,34-32-,37-36-,40-39-,43-42-,47-45-,53-51-. The van der Waals surface area contributed by atoms with Gasteiger partial charge in [0.25, 0.3) is 6.29 Å². The van der Waals surface area contributed by atoms with Gasteiger partial charge in [0.05, 0.1) is 34.4 Å². The molecule has 0 aliphatic carbocycles. The Hall–Kier alpha value is -5.35. The molecular formula is C82H134NO8+. The first-order valence-electron chi connectivity index (χ1n) is 36.3. The van der Waals surface area contributed by atoms with E-state index in [0.29, 0.717) is 23.9 Å². The van der Waals surface area contributed by atoms with Crippen molar-refractivity contribution >= 4 is 17.9 Å². The van der Waals surface area contributed by atoms with Crippen LogP contribution in [0, 0.1) is 0 Å². The smallest absolute Gasteiger partial charge is 0.361 e. The summed E-state index contributed by atoms with van der Waals surface area (Å²) in [4.78, 5) is 37.7. The van der Waals surface area contributed by atoms with Gasteiger partial charge in [-0.3, -0.25) is 9.59 Å². The number of aliphatic carboxylic acids is 1. The van der Waals surface area contributed by atoms with E-state index in [1.54, 1.807) is 0 Å². The minimum absolute atomic E-state index is 0.178. The average Bonchev–Trinajstić information content (AvgIpc) is 3.46. The quantitative estimate of drug-likeness (QED) is 0.0211. The molecule has 9 nitrogen and oxygen atoms in total. The minimum Gasteiger partial charge on any atom is -0.477 e. The van der Waals surface area contributed by atoms with Crippen molar-refractivity contribution in [2.24, 2.45) is 0 Å². The molecule has 1 N–H and O–H groups in total. The zero-order chi connectivity index (χ0) is 66.1. The highest BCUT2D eigenvalue weighted by atomic mass is 16.7. The number of likely N-dealkylation sites (N-methyl/N-ethyl adjacent to an activating group) is 1. The molecule has 0 saturated carbocycles. The van der Waals surface area contributed by atoms with Crippen molar-refractivity contribution in [3.63, 3.8) is 0 Å². The van der Waals surface area contributed by atoms with E-state index in [0.717, 1.165) is 135 Å². The molecule has 0 aliphatic rings. The number of quaternary nitrogens is 1. The topological polar surface area (TPSA) is 108 Å². The Kier molecular flexibility index (Phi) is 66.4. The number of carbonyl (C=O) groups is 3. The van der Waals surface area contributed by atoms with Crippen molar-refractivity contribution in [1.29, 1.82) is 0 Å². The normalized spacial score (nSPS) is 13.7. The van der Waals surface area contributed by atoms with Crippen molar-refractivity contribution in [3.8, 4) is 0 Å². The van der Waals surface area contributed by atoms with E-state index < -0.39 is 24.3 Å². The van der Waals surface area contributed by atoms with Crippen molar-refractivity contribution in [1.82, 2.24) is 0 Å². The van der Waals surface area contributed by atoms with Crippen molar-refractivity contribution in [2.75, 3.05) is 47.5 Å². The number of hydrogen-bond acceptors (Lipinski definition) is 7. The Morgan fingerprint density at radius 3 is 0.879 bits per heavy atom. The van der Waals surface area contributed by atoms with Gasteiger partial charge < -0.3 is 28.5 Å².